The van der Waals surface area contributed by atoms with E-state index in [0.29, 0.717) is 12.2 Å². The summed E-state index contributed by atoms with van der Waals surface area (Å²) in [6, 6.07) is 1.37. The van der Waals surface area contributed by atoms with Gasteiger partial charge in [-0.05, 0) is 6.07 Å². The van der Waals surface area contributed by atoms with Crippen LogP contribution in [0.5, 0.6) is 0 Å². The predicted molar refractivity (Wildman–Crippen MR) is 51.6 cm³/mol. The molecule has 0 unspecified atom stereocenters. The largest absolute Gasteiger partial charge is 0.478 e. The molecule has 14 heavy (non-hydrogen) atoms. The normalized spacial score (nSPS) is 9.79. The maximum absolute atomic E-state index is 11.1. The lowest BCUT2D eigenvalue weighted by Crippen LogP contribution is -2.03. The van der Waals surface area contributed by atoms with Crippen molar-refractivity contribution in [3.63, 3.8) is 0 Å². The van der Waals surface area contributed by atoms with Gasteiger partial charge in [0.15, 0.2) is 5.78 Å². The Balaban J connectivity index is 3.18. The Morgan fingerprint density at radius 3 is 2.71 bits per heavy atom. The van der Waals surface area contributed by atoms with Crippen LogP contribution in [0.3, 0.4) is 0 Å². The van der Waals surface area contributed by atoms with Gasteiger partial charge in [-0.2, -0.15) is 0 Å². The Hall–Kier alpha value is -1.84. The van der Waals surface area contributed by atoms with Crippen LogP contribution in [0.2, 0.25) is 0 Å². The van der Waals surface area contributed by atoms with Crippen molar-refractivity contribution in [3.05, 3.63) is 36.2 Å². The molecule has 1 heterocycles. The van der Waals surface area contributed by atoms with E-state index in [4.69, 9.17) is 5.11 Å². The number of aromatic carboxylic acids is 1. The van der Waals surface area contributed by atoms with Crippen LogP contribution in [0, 0.1) is 0 Å². The van der Waals surface area contributed by atoms with Gasteiger partial charge in [0.1, 0.15) is 0 Å². The van der Waals surface area contributed by atoms with E-state index in [0.717, 1.165) is 0 Å². The lowest BCUT2D eigenvalue weighted by atomic mass is 10.2. The fraction of sp³-hybridized carbons (Fsp3) is 0.200. The number of nitrogens with zero attached hydrogens (tertiary/aromatic N) is 1. The van der Waals surface area contributed by atoms with Crippen molar-refractivity contribution < 1.29 is 14.7 Å². The second-order valence-corrected chi connectivity index (χ2v) is 2.92. The Morgan fingerprint density at radius 2 is 2.29 bits per heavy atom. The summed E-state index contributed by atoms with van der Waals surface area (Å²) in [5.74, 6) is -1.19. The van der Waals surface area contributed by atoms with E-state index in [2.05, 4.69) is 6.58 Å². The number of carboxylic acid groups (broad SMARTS) is 1. The molecule has 0 aliphatic carbocycles. The van der Waals surface area contributed by atoms with E-state index >= 15 is 0 Å². The summed E-state index contributed by atoms with van der Waals surface area (Å²) < 4.78 is 1.57. The quantitative estimate of drug-likeness (QED) is 0.583. The van der Waals surface area contributed by atoms with Crippen molar-refractivity contribution in [1.29, 1.82) is 0 Å². The van der Waals surface area contributed by atoms with Crippen LogP contribution in [0.4, 0.5) is 0 Å². The van der Waals surface area contributed by atoms with Crippen molar-refractivity contribution in [2.45, 2.75) is 13.5 Å². The Morgan fingerprint density at radius 1 is 1.64 bits per heavy atom. The molecule has 4 nitrogen and oxygen atoms in total. The van der Waals surface area contributed by atoms with Gasteiger partial charge < -0.3 is 9.67 Å². The van der Waals surface area contributed by atoms with E-state index in [1.54, 1.807) is 10.6 Å². The van der Waals surface area contributed by atoms with E-state index in [-0.39, 0.29) is 11.3 Å². The van der Waals surface area contributed by atoms with Crippen LogP contribution in [0.25, 0.3) is 0 Å². The molecule has 0 aromatic carbocycles. The topological polar surface area (TPSA) is 59.3 Å². The highest BCUT2D eigenvalue weighted by atomic mass is 16.4. The molecule has 0 amide bonds. The molecule has 0 aliphatic rings. The van der Waals surface area contributed by atoms with Gasteiger partial charge in [0.05, 0.1) is 11.3 Å². The molecule has 4 heteroatoms. The minimum atomic E-state index is -1.03. The van der Waals surface area contributed by atoms with E-state index < -0.39 is 5.97 Å². The average molecular weight is 193 g/mol. The fourth-order valence-corrected chi connectivity index (χ4v) is 1.22. The first-order valence-corrected chi connectivity index (χ1v) is 4.11. The summed E-state index contributed by atoms with van der Waals surface area (Å²) in [6.45, 7) is 5.37. The first kappa shape index (κ1) is 10.2. The zero-order chi connectivity index (χ0) is 10.7. The third-order valence-electron chi connectivity index (χ3n) is 1.83. The third kappa shape index (κ3) is 1.90. The average Bonchev–Trinajstić information content (AvgIpc) is 2.49. The van der Waals surface area contributed by atoms with Crippen molar-refractivity contribution in [1.82, 2.24) is 4.57 Å². The minimum absolute atomic E-state index is 0.122. The van der Waals surface area contributed by atoms with Gasteiger partial charge in [-0.25, -0.2) is 4.79 Å². The molecule has 0 saturated carbocycles. The standard InChI is InChI=1S/C10H11NO3/c1-3-4-11-6-8(10(13)14)5-9(11)7(2)12/h3,5-6H,1,4H2,2H3,(H,13,14). The van der Waals surface area contributed by atoms with Crippen molar-refractivity contribution in [2.24, 2.45) is 0 Å². The summed E-state index contributed by atoms with van der Waals surface area (Å²) in [4.78, 5) is 21.8. The summed E-state index contributed by atoms with van der Waals surface area (Å²) in [5, 5.41) is 8.72. The monoisotopic (exact) mass is 193 g/mol. The Labute approximate surface area is 81.5 Å². The minimum Gasteiger partial charge on any atom is -0.478 e. The molecule has 74 valence electrons. The SMILES string of the molecule is C=CCn1cc(C(=O)O)cc1C(C)=O. The van der Waals surface area contributed by atoms with Crippen LogP contribution in [0.1, 0.15) is 27.8 Å². The third-order valence-corrected chi connectivity index (χ3v) is 1.83. The molecule has 0 bridgehead atoms. The summed E-state index contributed by atoms with van der Waals surface area (Å²) in [6.07, 6.45) is 3.04. The van der Waals surface area contributed by atoms with Gasteiger partial charge in [0.2, 0.25) is 0 Å². The number of allylic oxidation sites excluding steroid dienone is 1. The number of Topliss-reactive ketones (excluding diaryl/α,β-unsaturated/α-hetero) is 1. The maximum Gasteiger partial charge on any atom is 0.337 e. The lowest BCUT2D eigenvalue weighted by Gasteiger charge is -2.01. The zero-order valence-corrected chi connectivity index (χ0v) is 7.86. The highest BCUT2D eigenvalue weighted by molar-refractivity contribution is 5.96. The number of hydrogen-bond donors (Lipinski definition) is 1. The molecule has 0 aliphatic heterocycles. The molecule has 0 saturated heterocycles. The van der Waals surface area contributed by atoms with Crippen molar-refractivity contribution in [3.8, 4) is 0 Å². The van der Waals surface area contributed by atoms with E-state index in [1.165, 1.54) is 19.2 Å². The predicted octanol–water partition coefficient (Wildman–Crippen LogP) is 1.57. The number of ketones is 1. The van der Waals surface area contributed by atoms with Gasteiger partial charge in [-0.3, -0.25) is 4.79 Å². The number of carbonyl (C=O) groups is 2. The van der Waals surface area contributed by atoms with E-state index in [1.807, 2.05) is 0 Å². The maximum atomic E-state index is 11.1. The van der Waals surface area contributed by atoms with Crippen LogP contribution in [-0.4, -0.2) is 21.4 Å². The molecule has 0 radical (unpaired) electrons. The van der Waals surface area contributed by atoms with Crippen LogP contribution in [-0.2, 0) is 6.54 Å². The van der Waals surface area contributed by atoms with Crippen LogP contribution in [0.15, 0.2) is 24.9 Å². The van der Waals surface area contributed by atoms with Gasteiger partial charge in [-0.1, -0.05) is 6.08 Å². The van der Waals surface area contributed by atoms with Gasteiger partial charge in [0, 0.05) is 19.7 Å². The highest BCUT2D eigenvalue weighted by Crippen LogP contribution is 2.09. The second kappa shape index (κ2) is 3.91. The molecule has 1 rings (SSSR count). The number of carbonyl (C=O) groups excluding carboxylic acids is 1. The molecule has 1 aromatic heterocycles. The van der Waals surface area contributed by atoms with Crippen molar-refractivity contribution >= 4 is 11.8 Å². The molecule has 0 fully saturated rings. The van der Waals surface area contributed by atoms with Crippen molar-refractivity contribution in [2.75, 3.05) is 0 Å². The molecule has 1 aromatic rings. The fourth-order valence-electron chi connectivity index (χ4n) is 1.22. The lowest BCUT2D eigenvalue weighted by molar-refractivity contribution is 0.0697. The van der Waals surface area contributed by atoms with Gasteiger partial charge in [-0.15, -0.1) is 6.58 Å². The number of aromatic nitrogens is 1. The zero-order valence-electron chi connectivity index (χ0n) is 7.86. The number of rotatable bonds is 4. The first-order chi connectivity index (χ1) is 6.56. The molecular formula is C10H11NO3. The number of hydrogen-bond acceptors (Lipinski definition) is 2. The van der Waals surface area contributed by atoms with E-state index in [9.17, 15) is 9.59 Å². The summed E-state index contributed by atoms with van der Waals surface area (Å²) >= 11 is 0. The molecular weight excluding hydrogens is 182 g/mol. The summed E-state index contributed by atoms with van der Waals surface area (Å²) in [7, 11) is 0. The second-order valence-electron chi connectivity index (χ2n) is 2.92. The molecule has 0 spiro atoms. The highest BCUT2D eigenvalue weighted by Gasteiger charge is 2.12. The van der Waals surface area contributed by atoms with Gasteiger partial charge >= 0.3 is 5.97 Å². The molecule has 1 N–H and O–H groups in total. The Bertz CT molecular complexity index is 390. The van der Waals surface area contributed by atoms with Crippen LogP contribution >= 0.6 is 0 Å². The van der Waals surface area contributed by atoms with Gasteiger partial charge in [0.25, 0.3) is 0 Å². The summed E-state index contributed by atoms with van der Waals surface area (Å²) in [5.41, 5.74) is 0.513. The smallest absolute Gasteiger partial charge is 0.337 e. The first-order valence-electron chi connectivity index (χ1n) is 4.11. The van der Waals surface area contributed by atoms with Crippen LogP contribution < -0.4 is 0 Å². The Kier molecular flexibility index (Phi) is 2.86. The number of carboxylic acids is 1. The molecule has 0 atom stereocenters.